The van der Waals surface area contributed by atoms with Crippen LogP contribution in [-0.2, 0) is 9.59 Å². The van der Waals surface area contributed by atoms with Crippen LogP contribution >= 0.6 is 0 Å². The van der Waals surface area contributed by atoms with Gasteiger partial charge in [-0.25, -0.2) is 0 Å². The van der Waals surface area contributed by atoms with Gasteiger partial charge in [-0.1, -0.05) is 39.0 Å². The minimum Gasteiger partial charge on any atom is -0.380 e. The van der Waals surface area contributed by atoms with Crippen LogP contribution in [0.2, 0.25) is 0 Å². The summed E-state index contributed by atoms with van der Waals surface area (Å²) in [4.78, 5) is 23.7. The predicted molar refractivity (Wildman–Crippen MR) is 62.1 cm³/mol. The van der Waals surface area contributed by atoms with Gasteiger partial charge in [0.2, 0.25) is 0 Å². The average Bonchev–Trinajstić information content (AvgIpc) is 2.50. The number of carbonyl (C=O) groups is 2. The van der Waals surface area contributed by atoms with Crippen molar-refractivity contribution in [3.8, 4) is 0 Å². The fourth-order valence-corrected chi connectivity index (χ4v) is 1.97. The SMILES string of the molecule is CCCCCCCCN1C(=O)[C@@H](O)[C@H](O)C1=O. The van der Waals surface area contributed by atoms with Crippen molar-refractivity contribution in [3.63, 3.8) is 0 Å². The summed E-state index contributed by atoms with van der Waals surface area (Å²) in [5, 5.41) is 18.4. The Bertz CT molecular complexity index is 260. The van der Waals surface area contributed by atoms with Gasteiger partial charge in [-0.3, -0.25) is 14.5 Å². The zero-order valence-electron chi connectivity index (χ0n) is 10.3. The third-order valence-electron chi connectivity index (χ3n) is 3.07. The van der Waals surface area contributed by atoms with E-state index in [0.29, 0.717) is 6.54 Å². The first kappa shape index (κ1) is 14.1. The monoisotopic (exact) mass is 243 g/mol. The van der Waals surface area contributed by atoms with Gasteiger partial charge >= 0.3 is 0 Å². The molecule has 2 atom stereocenters. The highest BCUT2D eigenvalue weighted by atomic mass is 16.4. The third-order valence-corrected chi connectivity index (χ3v) is 3.07. The number of carbonyl (C=O) groups excluding carboxylic acids is 2. The zero-order valence-corrected chi connectivity index (χ0v) is 10.3. The Morgan fingerprint density at radius 3 is 1.94 bits per heavy atom. The molecule has 2 amide bonds. The molecule has 1 aliphatic heterocycles. The lowest BCUT2D eigenvalue weighted by Gasteiger charge is -2.13. The molecular weight excluding hydrogens is 222 g/mol. The van der Waals surface area contributed by atoms with Crippen LogP contribution in [0.5, 0.6) is 0 Å². The molecule has 0 unspecified atom stereocenters. The first-order chi connectivity index (χ1) is 8.09. The van der Waals surface area contributed by atoms with Gasteiger partial charge < -0.3 is 10.2 Å². The van der Waals surface area contributed by atoms with Crippen LogP contribution in [0.4, 0.5) is 0 Å². The second kappa shape index (κ2) is 6.71. The van der Waals surface area contributed by atoms with Crippen LogP contribution in [0.15, 0.2) is 0 Å². The average molecular weight is 243 g/mol. The van der Waals surface area contributed by atoms with Crippen LogP contribution in [0.3, 0.4) is 0 Å². The van der Waals surface area contributed by atoms with Gasteiger partial charge in [0, 0.05) is 6.54 Å². The van der Waals surface area contributed by atoms with Gasteiger partial charge in [-0.15, -0.1) is 0 Å². The van der Waals surface area contributed by atoms with Crippen molar-refractivity contribution in [1.82, 2.24) is 4.90 Å². The van der Waals surface area contributed by atoms with Crippen molar-refractivity contribution in [1.29, 1.82) is 0 Å². The Labute approximate surface area is 101 Å². The standard InChI is InChI=1S/C12H21NO4/c1-2-3-4-5-6-7-8-13-11(16)9(14)10(15)12(13)17/h9-10,14-15H,2-8H2,1H3/t9-,10-/m0/s1. The number of unbranched alkanes of at least 4 members (excludes halogenated alkanes) is 5. The van der Waals surface area contributed by atoms with E-state index in [-0.39, 0.29) is 0 Å². The highest BCUT2D eigenvalue weighted by molar-refractivity contribution is 6.07. The van der Waals surface area contributed by atoms with Crippen LogP contribution in [0, 0.1) is 0 Å². The quantitative estimate of drug-likeness (QED) is 0.502. The summed E-state index contributed by atoms with van der Waals surface area (Å²) in [6, 6.07) is 0. The summed E-state index contributed by atoms with van der Waals surface area (Å²) in [7, 11) is 0. The molecule has 0 aromatic carbocycles. The maximum atomic E-state index is 11.4. The largest absolute Gasteiger partial charge is 0.380 e. The molecule has 5 heteroatoms. The lowest BCUT2D eigenvalue weighted by atomic mass is 10.1. The molecule has 17 heavy (non-hydrogen) atoms. The molecule has 0 saturated carbocycles. The molecule has 5 nitrogen and oxygen atoms in total. The van der Waals surface area contributed by atoms with Gasteiger partial charge in [0.25, 0.3) is 11.8 Å². The number of aliphatic hydroxyl groups excluding tert-OH is 2. The van der Waals surface area contributed by atoms with E-state index in [9.17, 15) is 19.8 Å². The van der Waals surface area contributed by atoms with Gasteiger partial charge in [0.05, 0.1) is 0 Å². The van der Waals surface area contributed by atoms with E-state index in [1.54, 1.807) is 0 Å². The summed E-state index contributed by atoms with van der Waals surface area (Å²) in [5.41, 5.74) is 0. The van der Waals surface area contributed by atoms with E-state index < -0.39 is 24.0 Å². The zero-order chi connectivity index (χ0) is 12.8. The Morgan fingerprint density at radius 2 is 1.41 bits per heavy atom. The minimum absolute atomic E-state index is 0.303. The summed E-state index contributed by atoms with van der Waals surface area (Å²) >= 11 is 0. The molecule has 1 aliphatic rings. The minimum atomic E-state index is -1.57. The van der Waals surface area contributed by atoms with Crippen molar-refractivity contribution in [2.75, 3.05) is 6.54 Å². The number of amides is 2. The molecule has 0 aromatic heterocycles. The van der Waals surface area contributed by atoms with Crippen LogP contribution in [0.25, 0.3) is 0 Å². The molecule has 1 saturated heterocycles. The van der Waals surface area contributed by atoms with Gasteiger partial charge in [0.1, 0.15) is 0 Å². The van der Waals surface area contributed by atoms with E-state index in [4.69, 9.17) is 0 Å². The molecule has 2 N–H and O–H groups in total. The second-order valence-corrected chi connectivity index (χ2v) is 4.49. The molecule has 0 bridgehead atoms. The number of nitrogens with zero attached hydrogens (tertiary/aromatic N) is 1. The van der Waals surface area contributed by atoms with E-state index >= 15 is 0 Å². The summed E-state index contributed by atoms with van der Waals surface area (Å²) in [6.07, 6.45) is 3.22. The van der Waals surface area contributed by atoms with Crippen molar-refractivity contribution < 1.29 is 19.8 Å². The fourth-order valence-electron chi connectivity index (χ4n) is 1.97. The maximum Gasteiger partial charge on any atom is 0.261 e. The number of hydrogen-bond acceptors (Lipinski definition) is 4. The van der Waals surface area contributed by atoms with Crippen molar-refractivity contribution in [2.45, 2.75) is 57.7 Å². The molecule has 1 fully saturated rings. The van der Waals surface area contributed by atoms with Gasteiger partial charge in [-0.05, 0) is 6.42 Å². The number of likely N-dealkylation sites (tertiary alicyclic amines) is 1. The fraction of sp³-hybridized carbons (Fsp3) is 0.833. The van der Waals surface area contributed by atoms with Crippen molar-refractivity contribution >= 4 is 11.8 Å². The molecule has 98 valence electrons. The van der Waals surface area contributed by atoms with Crippen LogP contribution in [0.1, 0.15) is 45.4 Å². The Kier molecular flexibility index (Phi) is 5.58. The highest BCUT2D eigenvalue weighted by Crippen LogP contribution is 2.15. The van der Waals surface area contributed by atoms with Crippen LogP contribution in [-0.4, -0.2) is 45.7 Å². The van der Waals surface area contributed by atoms with Crippen molar-refractivity contribution in [3.05, 3.63) is 0 Å². The Hall–Kier alpha value is -0.940. The highest BCUT2D eigenvalue weighted by Gasteiger charge is 2.45. The lowest BCUT2D eigenvalue weighted by Crippen LogP contribution is -2.33. The number of rotatable bonds is 7. The Morgan fingerprint density at radius 1 is 0.941 bits per heavy atom. The van der Waals surface area contributed by atoms with E-state index in [2.05, 4.69) is 6.92 Å². The normalized spacial score (nSPS) is 24.8. The Balaban J connectivity index is 2.23. The van der Waals surface area contributed by atoms with E-state index in [0.717, 1.165) is 24.2 Å². The maximum absolute atomic E-state index is 11.4. The van der Waals surface area contributed by atoms with Crippen molar-refractivity contribution in [2.24, 2.45) is 0 Å². The lowest BCUT2D eigenvalue weighted by molar-refractivity contribution is -0.141. The van der Waals surface area contributed by atoms with E-state index in [1.807, 2.05) is 0 Å². The molecule has 0 spiro atoms. The first-order valence-electron chi connectivity index (χ1n) is 6.31. The molecule has 0 aromatic rings. The van der Waals surface area contributed by atoms with Gasteiger partial charge in [0.15, 0.2) is 12.2 Å². The first-order valence-corrected chi connectivity index (χ1v) is 6.31. The van der Waals surface area contributed by atoms with E-state index in [1.165, 1.54) is 19.3 Å². The topological polar surface area (TPSA) is 77.8 Å². The molecule has 1 heterocycles. The smallest absolute Gasteiger partial charge is 0.261 e. The summed E-state index contributed by atoms with van der Waals surface area (Å²) in [6.45, 7) is 2.45. The van der Waals surface area contributed by atoms with Crippen LogP contribution < -0.4 is 0 Å². The molecule has 1 rings (SSSR count). The molecular formula is C12H21NO4. The number of hydrogen-bond donors (Lipinski definition) is 2. The molecule has 0 aliphatic carbocycles. The number of aliphatic hydroxyl groups is 2. The van der Waals surface area contributed by atoms with Gasteiger partial charge in [-0.2, -0.15) is 0 Å². The predicted octanol–water partition coefficient (Wildman–Crippen LogP) is 0.437. The summed E-state index contributed by atoms with van der Waals surface area (Å²) in [5.74, 6) is -1.34. The second-order valence-electron chi connectivity index (χ2n) is 4.49. The summed E-state index contributed by atoms with van der Waals surface area (Å²) < 4.78 is 0. The number of imide groups is 1. The molecule has 0 radical (unpaired) electrons. The third kappa shape index (κ3) is 3.51.